The van der Waals surface area contributed by atoms with Gasteiger partial charge in [-0.3, -0.25) is 4.79 Å². The molecule has 4 rings (SSSR count). The lowest BCUT2D eigenvalue weighted by Gasteiger charge is -2.19. The molecule has 0 aliphatic heterocycles. The van der Waals surface area contributed by atoms with Crippen molar-refractivity contribution < 1.29 is 4.79 Å². The van der Waals surface area contributed by atoms with E-state index in [1.807, 2.05) is 35.0 Å². The number of rotatable bonds is 3. The van der Waals surface area contributed by atoms with E-state index in [0.717, 1.165) is 34.6 Å². The van der Waals surface area contributed by atoms with Crippen LogP contribution in [0.2, 0.25) is 0 Å². The first kappa shape index (κ1) is 16.6. The first-order valence-corrected chi connectivity index (χ1v) is 9.07. The third kappa shape index (κ3) is 2.92. The largest absolute Gasteiger partial charge is 0.338 e. The molecule has 2 aromatic carbocycles. The topological polar surface area (TPSA) is 46.9 Å². The lowest BCUT2D eigenvalue weighted by atomic mass is 9.87. The van der Waals surface area contributed by atoms with Gasteiger partial charge in [0.15, 0.2) is 11.6 Å². The molecule has 0 saturated carbocycles. The smallest absolute Gasteiger partial charge is 0.168 e. The minimum absolute atomic E-state index is 0.174. The third-order valence-electron chi connectivity index (χ3n) is 4.97. The molecule has 0 amide bonds. The van der Waals surface area contributed by atoms with Gasteiger partial charge in [0, 0.05) is 12.1 Å². The Labute approximate surface area is 153 Å². The van der Waals surface area contributed by atoms with Crippen molar-refractivity contribution in [1.29, 1.82) is 0 Å². The molecule has 0 fully saturated rings. The molecule has 26 heavy (non-hydrogen) atoms. The van der Waals surface area contributed by atoms with Crippen LogP contribution < -0.4 is 5.32 Å². The molecule has 1 atom stereocenters. The van der Waals surface area contributed by atoms with E-state index in [2.05, 4.69) is 44.3 Å². The Kier molecular flexibility index (Phi) is 4.11. The molecule has 1 aliphatic rings. The van der Waals surface area contributed by atoms with Crippen LogP contribution in [0, 0.1) is 19.8 Å². The summed E-state index contributed by atoms with van der Waals surface area (Å²) in [5.74, 6) is 1.17. The first-order valence-electron chi connectivity index (χ1n) is 9.07. The lowest BCUT2D eigenvalue weighted by Crippen LogP contribution is -2.19. The zero-order valence-electron chi connectivity index (χ0n) is 15.4. The lowest BCUT2D eigenvalue weighted by molar-refractivity contribution is 0.0953. The number of aryl methyl sites for hydroxylation is 2. The monoisotopic (exact) mass is 345 g/mol. The number of ketones is 1. The van der Waals surface area contributed by atoms with Gasteiger partial charge in [0.25, 0.3) is 0 Å². The number of Topliss-reactive ketones (excluding diaryl/α,β-unsaturated/α-hetero) is 1. The van der Waals surface area contributed by atoms with Gasteiger partial charge < -0.3 is 5.32 Å². The molecule has 132 valence electrons. The predicted octanol–water partition coefficient (Wildman–Crippen LogP) is 5.00. The van der Waals surface area contributed by atoms with E-state index in [0.29, 0.717) is 18.2 Å². The summed E-state index contributed by atoms with van der Waals surface area (Å²) in [5.41, 5.74) is 6.08. The van der Waals surface area contributed by atoms with Crippen molar-refractivity contribution in [2.45, 2.75) is 33.6 Å². The molecule has 0 spiro atoms. The van der Waals surface area contributed by atoms with Crippen LogP contribution in [0.1, 0.15) is 40.5 Å². The number of carbonyl (C=O) groups is 1. The number of benzene rings is 2. The first-order chi connectivity index (χ1) is 12.5. The molecule has 1 N–H and O–H groups in total. The molecular weight excluding hydrogens is 322 g/mol. The fraction of sp³-hybridized carbons (Fsp3) is 0.273. The average molecular weight is 345 g/mol. The van der Waals surface area contributed by atoms with E-state index in [9.17, 15) is 4.79 Å². The van der Waals surface area contributed by atoms with Crippen LogP contribution in [0.4, 0.5) is 11.5 Å². The molecule has 1 aromatic heterocycles. The van der Waals surface area contributed by atoms with Gasteiger partial charge in [-0.2, -0.15) is 0 Å². The maximum absolute atomic E-state index is 12.8. The van der Waals surface area contributed by atoms with Gasteiger partial charge in [0.1, 0.15) is 0 Å². The van der Waals surface area contributed by atoms with Gasteiger partial charge in [0.2, 0.25) is 0 Å². The number of carbonyl (C=O) groups excluding carboxylic acids is 1. The molecule has 0 bridgehead atoms. The van der Waals surface area contributed by atoms with Gasteiger partial charge in [-0.15, -0.1) is 5.10 Å². The number of nitrogens with one attached hydrogen (secondary N) is 1. The predicted molar refractivity (Wildman–Crippen MR) is 105 cm³/mol. The summed E-state index contributed by atoms with van der Waals surface area (Å²) in [7, 11) is 0. The molecule has 0 saturated heterocycles. The Morgan fingerprint density at radius 2 is 1.85 bits per heavy atom. The minimum Gasteiger partial charge on any atom is -0.338 e. The van der Waals surface area contributed by atoms with Crippen LogP contribution >= 0.6 is 0 Å². The normalized spacial score (nSPS) is 16.4. The molecule has 4 nitrogen and oxygen atoms in total. The fourth-order valence-electron chi connectivity index (χ4n) is 3.71. The summed E-state index contributed by atoms with van der Waals surface area (Å²) in [6, 6.07) is 16.3. The number of hydrogen-bond donors (Lipinski definition) is 1. The van der Waals surface area contributed by atoms with Gasteiger partial charge >= 0.3 is 0 Å². The van der Waals surface area contributed by atoms with Crippen LogP contribution in [0.25, 0.3) is 5.69 Å². The summed E-state index contributed by atoms with van der Waals surface area (Å²) >= 11 is 0. The number of anilines is 2. The highest BCUT2D eigenvalue weighted by atomic mass is 16.1. The van der Waals surface area contributed by atoms with Crippen molar-refractivity contribution >= 4 is 17.3 Å². The second-order valence-electron chi connectivity index (χ2n) is 7.30. The van der Waals surface area contributed by atoms with E-state index in [1.165, 1.54) is 5.56 Å². The van der Waals surface area contributed by atoms with Crippen LogP contribution in [-0.4, -0.2) is 15.6 Å². The van der Waals surface area contributed by atoms with Crippen LogP contribution in [0.15, 0.2) is 48.5 Å². The molecule has 3 aromatic rings. The highest BCUT2D eigenvalue weighted by molar-refractivity contribution is 6.03. The Morgan fingerprint density at radius 3 is 2.58 bits per heavy atom. The number of fused-ring (bicyclic) bond motifs is 1. The molecule has 4 heteroatoms. The van der Waals surface area contributed by atoms with E-state index < -0.39 is 0 Å². The maximum Gasteiger partial charge on any atom is 0.168 e. The molecule has 0 radical (unpaired) electrons. The third-order valence-corrected chi connectivity index (χ3v) is 4.97. The van der Waals surface area contributed by atoms with Crippen molar-refractivity contribution in [3.63, 3.8) is 0 Å². The van der Waals surface area contributed by atoms with E-state index in [-0.39, 0.29) is 5.78 Å². The molecule has 1 unspecified atom stereocenters. The van der Waals surface area contributed by atoms with Gasteiger partial charge in [0.05, 0.1) is 16.9 Å². The van der Waals surface area contributed by atoms with Crippen molar-refractivity contribution in [3.8, 4) is 5.69 Å². The average Bonchev–Trinajstić information content (AvgIpc) is 2.96. The second-order valence-corrected chi connectivity index (χ2v) is 7.30. The molecule has 1 aliphatic carbocycles. The zero-order valence-corrected chi connectivity index (χ0v) is 15.4. The van der Waals surface area contributed by atoms with Crippen LogP contribution in [0.5, 0.6) is 0 Å². The maximum atomic E-state index is 12.8. The number of para-hydroxylation sites is 1. The van der Waals surface area contributed by atoms with Crippen molar-refractivity contribution in [2.75, 3.05) is 5.32 Å². The van der Waals surface area contributed by atoms with Crippen molar-refractivity contribution in [3.05, 3.63) is 70.9 Å². The summed E-state index contributed by atoms with van der Waals surface area (Å²) in [5, 5.41) is 8.20. The standard InChI is InChI=1S/C22H23N3O/c1-14-9-10-18(16(3)11-14)23-22-21-19(12-15(2)13-20(21)26)25(24-22)17-7-5-4-6-8-17/h4-11,15H,12-13H2,1-3H3,(H,23,24). The Balaban J connectivity index is 1.84. The van der Waals surface area contributed by atoms with Crippen molar-refractivity contribution in [2.24, 2.45) is 5.92 Å². The number of nitrogens with zero attached hydrogens (tertiary/aromatic N) is 2. The Morgan fingerprint density at radius 1 is 1.08 bits per heavy atom. The summed E-state index contributed by atoms with van der Waals surface area (Å²) in [6.07, 6.45) is 1.44. The minimum atomic E-state index is 0.174. The SMILES string of the molecule is Cc1ccc(Nc2nn(-c3ccccc3)c3c2C(=O)CC(C)C3)c(C)c1. The van der Waals surface area contributed by atoms with E-state index in [4.69, 9.17) is 5.10 Å². The quantitative estimate of drug-likeness (QED) is 0.727. The van der Waals surface area contributed by atoms with Gasteiger partial charge in [-0.05, 0) is 49.9 Å². The Bertz CT molecular complexity index is 973. The highest BCUT2D eigenvalue weighted by Gasteiger charge is 2.31. The van der Waals surface area contributed by atoms with Crippen molar-refractivity contribution in [1.82, 2.24) is 9.78 Å². The Hall–Kier alpha value is -2.88. The van der Waals surface area contributed by atoms with Crippen LogP contribution in [-0.2, 0) is 6.42 Å². The highest BCUT2D eigenvalue weighted by Crippen LogP contribution is 2.34. The number of hydrogen-bond acceptors (Lipinski definition) is 3. The number of aromatic nitrogens is 2. The van der Waals surface area contributed by atoms with E-state index >= 15 is 0 Å². The fourth-order valence-corrected chi connectivity index (χ4v) is 3.71. The van der Waals surface area contributed by atoms with Gasteiger partial charge in [-0.25, -0.2) is 4.68 Å². The van der Waals surface area contributed by atoms with Gasteiger partial charge in [-0.1, -0.05) is 42.8 Å². The second kappa shape index (κ2) is 6.45. The zero-order chi connectivity index (χ0) is 18.3. The summed E-state index contributed by atoms with van der Waals surface area (Å²) in [4.78, 5) is 12.8. The van der Waals surface area contributed by atoms with Crippen LogP contribution in [0.3, 0.4) is 0 Å². The van der Waals surface area contributed by atoms with E-state index in [1.54, 1.807) is 0 Å². The summed E-state index contributed by atoms with van der Waals surface area (Å²) < 4.78 is 1.93. The molecule has 1 heterocycles. The molecular formula is C22H23N3O. The summed E-state index contributed by atoms with van der Waals surface area (Å²) in [6.45, 7) is 6.27.